The van der Waals surface area contributed by atoms with Crippen LogP contribution in [0.15, 0.2) is 0 Å². The Labute approximate surface area is 111 Å². The van der Waals surface area contributed by atoms with Crippen molar-refractivity contribution in [2.24, 2.45) is 5.92 Å². The molecule has 0 aromatic rings. The van der Waals surface area contributed by atoms with Gasteiger partial charge in [-0.15, -0.1) is 0 Å². The number of amides is 1. The minimum Gasteiger partial charge on any atom is -0.340 e. The summed E-state index contributed by atoms with van der Waals surface area (Å²) in [6.07, 6.45) is 3.48. The SMILES string of the molecule is CCC(C)C(=O)N1CCN(C2CCNCC2)CC1. The molecule has 0 aromatic heterocycles. The average Bonchev–Trinajstić information content (AvgIpc) is 2.47. The van der Waals surface area contributed by atoms with Crippen molar-refractivity contribution < 1.29 is 4.79 Å². The number of piperazine rings is 1. The minimum atomic E-state index is 0.190. The monoisotopic (exact) mass is 253 g/mol. The zero-order chi connectivity index (χ0) is 13.0. The highest BCUT2D eigenvalue weighted by Gasteiger charge is 2.28. The smallest absolute Gasteiger partial charge is 0.225 e. The van der Waals surface area contributed by atoms with E-state index in [1.54, 1.807) is 0 Å². The molecule has 0 saturated carbocycles. The number of hydrogen-bond acceptors (Lipinski definition) is 3. The zero-order valence-corrected chi connectivity index (χ0v) is 11.8. The molecular formula is C14H27N3O. The van der Waals surface area contributed by atoms with Gasteiger partial charge in [-0.2, -0.15) is 0 Å². The van der Waals surface area contributed by atoms with Gasteiger partial charge in [0, 0.05) is 38.1 Å². The summed E-state index contributed by atoms with van der Waals surface area (Å²) < 4.78 is 0. The van der Waals surface area contributed by atoms with Crippen molar-refractivity contribution in [2.45, 2.75) is 39.2 Å². The molecule has 4 nitrogen and oxygen atoms in total. The summed E-state index contributed by atoms with van der Waals surface area (Å²) in [6.45, 7) is 10.4. The van der Waals surface area contributed by atoms with Crippen LogP contribution in [0.3, 0.4) is 0 Å². The maximum absolute atomic E-state index is 12.1. The molecule has 0 aliphatic carbocycles. The van der Waals surface area contributed by atoms with Gasteiger partial charge >= 0.3 is 0 Å². The van der Waals surface area contributed by atoms with E-state index in [0.717, 1.165) is 51.7 Å². The van der Waals surface area contributed by atoms with Crippen molar-refractivity contribution in [3.63, 3.8) is 0 Å². The van der Waals surface area contributed by atoms with Crippen LogP contribution in [-0.2, 0) is 4.79 Å². The fraction of sp³-hybridized carbons (Fsp3) is 0.929. The molecule has 0 bridgehead atoms. The highest BCUT2D eigenvalue weighted by atomic mass is 16.2. The second-order valence-corrected chi connectivity index (χ2v) is 5.65. The third-order valence-electron chi connectivity index (χ3n) is 4.48. The van der Waals surface area contributed by atoms with E-state index in [9.17, 15) is 4.79 Å². The second-order valence-electron chi connectivity index (χ2n) is 5.65. The molecule has 2 fully saturated rings. The van der Waals surface area contributed by atoms with Crippen LogP contribution in [-0.4, -0.2) is 61.0 Å². The molecule has 1 amide bonds. The molecule has 2 saturated heterocycles. The molecule has 0 radical (unpaired) electrons. The number of carbonyl (C=O) groups is 1. The first-order valence-corrected chi connectivity index (χ1v) is 7.46. The lowest BCUT2D eigenvalue weighted by atomic mass is 10.0. The average molecular weight is 253 g/mol. The molecule has 2 rings (SSSR count). The van der Waals surface area contributed by atoms with Gasteiger partial charge in [-0.1, -0.05) is 13.8 Å². The Bertz CT molecular complexity index is 268. The number of piperidine rings is 1. The summed E-state index contributed by atoms with van der Waals surface area (Å²) in [5.74, 6) is 0.540. The molecule has 0 spiro atoms. The number of carbonyl (C=O) groups excluding carboxylic acids is 1. The van der Waals surface area contributed by atoms with Gasteiger partial charge in [-0.05, 0) is 32.4 Å². The topological polar surface area (TPSA) is 35.6 Å². The summed E-state index contributed by atoms with van der Waals surface area (Å²) >= 11 is 0. The van der Waals surface area contributed by atoms with Gasteiger partial charge in [0.1, 0.15) is 0 Å². The highest BCUT2D eigenvalue weighted by Crippen LogP contribution is 2.16. The fourth-order valence-electron chi connectivity index (χ4n) is 2.97. The van der Waals surface area contributed by atoms with Gasteiger partial charge in [-0.3, -0.25) is 9.69 Å². The summed E-state index contributed by atoms with van der Waals surface area (Å²) in [4.78, 5) is 16.8. The molecule has 2 heterocycles. The first-order chi connectivity index (χ1) is 8.72. The maximum Gasteiger partial charge on any atom is 0.225 e. The van der Waals surface area contributed by atoms with E-state index in [-0.39, 0.29) is 5.92 Å². The minimum absolute atomic E-state index is 0.190. The quantitative estimate of drug-likeness (QED) is 0.813. The van der Waals surface area contributed by atoms with Crippen LogP contribution in [0.5, 0.6) is 0 Å². The zero-order valence-electron chi connectivity index (χ0n) is 11.8. The van der Waals surface area contributed by atoms with Crippen molar-refractivity contribution in [1.82, 2.24) is 15.1 Å². The standard InChI is InChI=1S/C14H27N3O/c1-3-12(2)14(18)17-10-8-16(9-11-17)13-4-6-15-7-5-13/h12-13,15H,3-11H2,1-2H3. The Morgan fingerprint density at radius 3 is 2.39 bits per heavy atom. The van der Waals surface area contributed by atoms with Crippen LogP contribution in [0.2, 0.25) is 0 Å². The lowest BCUT2D eigenvalue weighted by molar-refractivity contribution is -0.137. The van der Waals surface area contributed by atoms with Crippen molar-refractivity contribution in [3.05, 3.63) is 0 Å². The lowest BCUT2D eigenvalue weighted by Gasteiger charge is -2.41. The molecular weight excluding hydrogens is 226 g/mol. The Morgan fingerprint density at radius 1 is 1.22 bits per heavy atom. The molecule has 0 aromatic carbocycles. The summed E-state index contributed by atoms with van der Waals surface area (Å²) in [6, 6.07) is 0.743. The van der Waals surface area contributed by atoms with E-state index in [1.807, 2.05) is 6.92 Å². The van der Waals surface area contributed by atoms with Gasteiger partial charge in [0.15, 0.2) is 0 Å². The third-order valence-corrected chi connectivity index (χ3v) is 4.48. The Hall–Kier alpha value is -0.610. The van der Waals surface area contributed by atoms with Gasteiger partial charge in [0.05, 0.1) is 0 Å². The molecule has 1 unspecified atom stereocenters. The van der Waals surface area contributed by atoms with Gasteiger partial charge < -0.3 is 10.2 Å². The first kappa shape index (κ1) is 13.8. The molecule has 2 aliphatic rings. The highest BCUT2D eigenvalue weighted by molar-refractivity contribution is 5.78. The predicted octanol–water partition coefficient (Wildman–Crippen LogP) is 0.929. The molecule has 1 N–H and O–H groups in total. The summed E-state index contributed by atoms with van der Waals surface area (Å²) in [5.41, 5.74) is 0. The Kier molecular flexibility index (Phi) is 5.01. The van der Waals surface area contributed by atoms with Crippen LogP contribution in [0.4, 0.5) is 0 Å². The first-order valence-electron chi connectivity index (χ1n) is 7.46. The largest absolute Gasteiger partial charge is 0.340 e. The van der Waals surface area contributed by atoms with Crippen LogP contribution in [0.25, 0.3) is 0 Å². The molecule has 2 aliphatic heterocycles. The normalized spacial score (nSPS) is 25.1. The van der Waals surface area contributed by atoms with Crippen molar-refractivity contribution >= 4 is 5.91 Å². The molecule has 18 heavy (non-hydrogen) atoms. The van der Waals surface area contributed by atoms with Crippen molar-refractivity contribution in [1.29, 1.82) is 0 Å². The third kappa shape index (κ3) is 3.23. The van der Waals surface area contributed by atoms with E-state index in [2.05, 4.69) is 22.0 Å². The second kappa shape index (κ2) is 6.53. The number of rotatable bonds is 3. The Balaban J connectivity index is 1.78. The van der Waals surface area contributed by atoms with E-state index >= 15 is 0 Å². The van der Waals surface area contributed by atoms with Gasteiger partial charge in [0.2, 0.25) is 5.91 Å². The number of nitrogens with zero attached hydrogens (tertiary/aromatic N) is 2. The number of nitrogens with one attached hydrogen (secondary N) is 1. The maximum atomic E-state index is 12.1. The summed E-state index contributed by atoms with van der Waals surface area (Å²) in [7, 11) is 0. The summed E-state index contributed by atoms with van der Waals surface area (Å²) in [5, 5.41) is 3.41. The molecule has 4 heteroatoms. The van der Waals surface area contributed by atoms with Crippen LogP contribution in [0.1, 0.15) is 33.1 Å². The fourth-order valence-corrected chi connectivity index (χ4v) is 2.97. The Morgan fingerprint density at radius 2 is 1.83 bits per heavy atom. The van der Waals surface area contributed by atoms with Gasteiger partial charge in [0.25, 0.3) is 0 Å². The molecule has 104 valence electrons. The number of hydrogen-bond donors (Lipinski definition) is 1. The lowest BCUT2D eigenvalue weighted by Crippen LogP contribution is -2.54. The van der Waals surface area contributed by atoms with Crippen molar-refractivity contribution in [3.8, 4) is 0 Å². The molecule has 1 atom stereocenters. The van der Waals surface area contributed by atoms with Gasteiger partial charge in [-0.25, -0.2) is 0 Å². The van der Waals surface area contributed by atoms with Crippen molar-refractivity contribution in [2.75, 3.05) is 39.3 Å². The predicted molar refractivity (Wildman–Crippen MR) is 73.5 cm³/mol. The van der Waals surface area contributed by atoms with E-state index in [1.165, 1.54) is 12.8 Å². The van der Waals surface area contributed by atoms with E-state index in [4.69, 9.17) is 0 Å². The van der Waals surface area contributed by atoms with E-state index < -0.39 is 0 Å². The van der Waals surface area contributed by atoms with Crippen LogP contribution < -0.4 is 5.32 Å². The van der Waals surface area contributed by atoms with E-state index in [0.29, 0.717) is 5.91 Å². The van der Waals surface area contributed by atoms with Crippen LogP contribution in [0, 0.1) is 5.92 Å². The van der Waals surface area contributed by atoms with Crippen LogP contribution >= 0.6 is 0 Å².